The van der Waals surface area contributed by atoms with Gasteiger partial charge in [-0.25, -0.2) is 4.73 Å². The van der Waals surface area contributed by atoms with Gasteiger partial charge in [-0.3, -0.25) is 4.55 Å². The van der Waals surface area contributed by atoms with Crippen LogP contribution in [0.15, 0.2) is 11.1 Å². The third kappa shape index (κ3) is 2.69. The van der Waals surface area contributed by atoms with Crippen molar-refractivity contribution in [2.75, 3.05) is 11.5 Å². The third-order valence-corrected chi connectivity index (χ3v) is 1.94. The van der Waals surface area contributed by atoms with E-state index in [0.717, 1.165) is 0 Å². The monoisotopic (exact) mass is 229 g/mol. The maximum Gasteiger partial charge on any atom is 1.00 e. The second-order valence-corrected chi connectivity index (χ2v) is 3.52. The third-order valence-electron chi connectivity index (χ3n) is 1.20. The van der Waals surface area contributed by atoms with Crippen molar-refractivity contribution in [3.8, 4) is 0 Å². The van der Waals surface area contributed by atoms with Gasteiger partial charge in [-0.15, -0.1) is 0 Å². The van der Waals surface area contributed by atoms with Crippen molar-refractivity contribution in [3.05, 3.63) is 11.3 Å². The minimum atomic E-state index is -4.49. The van der Waals surface area contributed by atoms with Crippen LogP contribution >= 0.6 is 0 Å². The van der Waals surface area contributed by atoms with Crippen LogP contribution in [0, 0.1) is 5.21 Å². The Kier molecular flexibility index (Phi) is 4.09. The van der Waals surface area contributed by atoms with E-state index in [1.54, 1.807) is 0 Å². The summed E-state index contributed by atoms with van der Waals surface area (Å²) in [5, 5.41) is 10.0. The van der Waals surface area contributed by atoms with E-state index in [4.69, 9.17) is 16.0 Å². The molecule has 0 atom stereocenters. The fourth-order valence-electron chi connectivity index (χ4n) is 0.640. The Hall–Kier alpha value is -0.610. The van der Waals surface area contributed by atoms with Gasteiger partial charge < -0.3 is 16.7 Å². The number of nitrogen functional groups attached to an aromatic ring is 2. The van der Waals surface area contributed by atoms with Crippen molar-refractivity contribution in [2.45, 2.75) is 5.03 Å². The second kappa shape index (κ2) is 4.28. The van der Waals surface area contributed by atoms with Crippen LogP contribution in [-0.4, -0.2) is 18.0 Å². The summed E-state index contributed by atoms with van der Waals surface area (Å²) in [6.45, 7) is 0. The molecule has 72 valence electrons. The van der Waals surface area contributed by atoms with Gasteiger partial charge in [0.05, 0.1) is 6.07 Å². The van der Waals surface area contributed by atoms with Gasteiger partial charge in [0.1, 0.15) is 0 Å². The molecule has 0 bridgehead atoms. The normalized spacial score (nSPS) is 10.6. The van der Waals surface area contributed by atoms with E-state index in [-0.39, 0.29) is 34.3 Å². The largest absolute Gasteiger partial charge is 1.00 e. The molecule has 0 aromatic carbocycles. The summed E-state index contributed by atoms with van der Waals surface area (Å²) >= 11 is 0. The molecule has 0 amide bonds. The molecule has 0 radical (unpaired) electrons. The Labute approximate surface area is 102 Å². The summed E-state index contributed by atoms with van der Waals surface area (Å²) in [5.41, 5.74) is 10.1. The standard InChI is InChI=1S/C4H6N4O4S.Na/c5-2-1-3(13(10,11)12)7-4(6)8(2)9;/h1H,5H2,(H2,6,7)(H,10,11,12);/q;+1. The predicted molar refractivity (Wildman–Crippen MR) is 41.8 cm³/mol. The molecular formula is C4H6N4NaO4S+. The molecule has 1 rings (SSSR count). The van der Waals surface area contributed by atoms with E-state index in [1.165, 1.54) is 0 Å². The van der Waals surface area contributed by atoms with Crippen molar-refractivity contribution >= 4 is 21.9 Å². The van der Waals surface area contributed by atoms with Crippen LogP contribution < -0.4 is 45.8 Å². The minimum Gasteiger partial charge on any atom is -0.754 e. The van der Waals surface area contributed by atoms with Crippen molar-refractivity contribution in [3.63, 3.8) is 0 Å². The number of rotatable bonds is 1. The molecule has 0 fully saturated rings. The van der Waals surface area contributed by atoms with Gasteiger partial charge in [0, 0.05) is 0 Å². The van der Waals surface area contributed by atoms with Crippen LogP contribution in [0.3, 0.4) is 0 Å². The summed E-state index contributed by atoms with van der Waals surface area (Å²) in [7, 11) is -4.49. The Morgan fingerprint density at radius 3 is 2.36 bits per heavy atom. The number of anilines is 2. The summed E-state index contributed by atoms with van der Waals surface area (Å²) in [5.74, 6) is -1.10. The van der Waals surface area contributed by atoms with E-state index in [0.29, 0.717) is 6.07 Å². The predicted octanol–water partition coefficient (Wildman–Crippen LogP) is -4.87. The zero-order valence-corrected chi connectivity index (χ0v) is 10.0. The number of nitrogens with two attached hydrogens (primary N) is 2. The molecule has 0 spiro atoms. The summed E-state index contributed by atoms with van der Waals surface area (Å²) in [6, 6.07) is 0.707. The summed E-state index contributed by atoms with van der Waals surface area (Å²) < 4.78 is 29.6. The van der Waals surface area contributed by atoms with Gasteiger partial charge in [-0.05, 0) is 0 Å². The quantitative estimate of drug-likeness (QED) is 0.144. The fourth-order valence-corrected chi connectivity index (χ4v) is 1.12. The molecule has 0 saturated carbocycles. The minimum absolute atomic E-state index is 0. The Bertz CT molecular complexity index is 424. The molecular weight excluding hydrogens is 223 g/mol. The number of hydrogen-bond acceptors (Lipinski definition) is 6. The van der Waals surface area contributed by atoms with Gasteiger partial charge in [-0.1, -0.05) is 4.98 Å². The summed E-state index contributed by atoms with van der Waals surface area (Å²) in [6.07, 6.45) is 0. The molecule has 8 nitrogen and oxygen atoms in total. The van der Waals surface area contributed by atoms with Gasteiger partial charge >= 0.3 is 45.6 Å². The number of hydrogen-bond donors (Lipinski definition) is 3. The number of nitrogens with zero attached hydrogens (tertiary/aromatic N) is 2. The molecule has 0 aliphatic carbocycles. The zero-order valence-electron chi connectivity index (χ0n) is 7.21. The van der Waals surface area contributed by atoms with Crippen molar-refractivity contribution in [1.82, 2.24) is 4.98 Å². The van der Waals surface area contributed by atoms with Gasteiger partial charge in [0.25, 0.3) is 0 Å². The zero-order chi connectivity index (χ0) is 10.2. The Morgan fingerprint density at radius 1 is 1.50 bits per heavy atom. The molecule has 0 aliphatic rings. The van der Waals surface area contributed by atoms with Crippen molar-refractivity contribution in [2.24, 2.45) is 0 Å². The molecule has 1 heterocycles. The molecule has 5 N–H and O–H groups in total. The summed E-state index contributed by atoms with van der Waals surface area (Å²) in [4.78, 5) is 3.12. The molecule has 1 aromatic rings. The molecule has 1 aromatic heterocycles. The Morgan fingerprint density at radius 2 is 2.00 bits per heavy atom. The second-order valence-electron chi connectivity index (χ2n) is 2.15. The van der Waals surface area contributed by atoms with Crippen LogP contribution in [-0.2, 0) is 10.1 Å². The van der Waals surface area contributed by atoms with Gasteiger partial charge in [0.15, 0.2) is 5.82 Å². The fraction of sp³-hybridized carbons (Fsp3) is 0. The van der Waals surface area contributed by atoms with Crippen LogP contribution in [0.2, 0.25) is 0 Å². The first-order chi connectivity index (χ1) is 5.82. The molecule has 14 heavy (non-hydrogen) atoms. The Balaban J connectivity index is 0.00000169. The molecule has 10 heteroatoms. The molecule has 0 aliphatic heterocycles. The topological polar surface area (TPSA) is 146 Å². The van der Waals surface area contributed by atoms with Gasteiger partial charge in [0.2, 0.25) is 5.03 Å². The molecule has 0 saturated heterocycles. The smallest absolute Gasteiger partial charge is 0.754 e. The molecule has 0 unspecified atom stereocenters. The first-order valence-corrected chi connectivity index (χ1v) is 4.39. The van der Waals surface area contributed by atoms with Crippen LogP contribution in [0.5, 0.6) is 0 Å². The van der Waals surface area contributed by atoms with E-state index in [9.17, 15) is 13.6 Å². The maximum absolute atomic E-state index is 10.8. The van der Waals surface area contributed by atoms with Crippen LogP contribution in [0.4, 0.5) is 11.8 Å². The van der Waals surface area contributed by atoms with Crippen molar-refractivity contribution in [1.29, 1.82) is 0 Å². The van der Waals surface area contributed by atoms with Crippen LogP contribution in [0.25, 0.3) is 0 Å². The number of aromatic nitrogens is 2. The van der Waals surface area contributed by atoms with Crippen molar-refractivity contribution < 1.29 is 47.3 Å². The first kappa shape index (κ1) is 13.4. The SMILES string of the molecule is Nc1cc(S(=O)(=O)O)nc(N)[n+]1[O-].[Na+]. The van der Waals surface area contributed by atoms with E-state index in [2.05, 4.69) is 4.98 Å². The average Bonchev–Trinajstić information content (AvgIpc) is 1.97. The van der Waals surface area contributed by atoms with E-state index < -0.39 is 26.9 Å². The maximum atomic E-state index is 10.8. The average molecular weight is 229 g/mol. The van der Waals surface area contributed by atoms with Gasteiger partial charge in [-0.2, -0.15) is 8.42 Å². The van der Waals surface area contributed by atoms with E-state index >= 15 is 0 Å². The van der Waals surface area contributed by atoms with Crippen LogP contribution in [0.1, 0.15) is 0 Å². The van der Waals surface area contributed by atoms with E-state index in [1.807, 2.05) is 0 Å². The first-order valence-electron chi connectivity index (χ1n) is 2.95.